The van der Waals surface area contributed by atoms with Gasteiger partial charge in [-0.15, -0.1) is 10.2 Å². The molecular weight excluding hydrogens is 296 g/mol. The minimum atomic E-state index is 0.160. The minimum absolute atomic E-state index is 0.160. The van der Waals surface area contributed by atoms with Crippen LogP contribution in [0.25, 0.3) is 0 Å². The fourth-order valence-electron chi connectivity index (χ4n) is 3.24. The van der Waals surface area contributed by atoms with Gasteiger partial charge in [-0.2, -0.15) is 0 Å². The second-order valence-corrected chi connectivity index (χ2v) is 7.86. The Bertz CT molecular complexity index is 548. The number of carbonyl (C=O) groups excluding carboxylic acids is 1. The molecule has 22 heavy (non-hydrogen) atoms. The number of hydrogen-bond acceptors (Lipinski definition) is 4. The summed E-state index contributed by atoms with van der Waals surface area (Å²) >= 11 is 1.53. The molecule has 1 amide bonds. The average Bonchev–Trinajstić information content (AvgIpc) is 3.36. The molecule has 0 aliphatic heterocycles. The molecule has 1 aromatic heterocycles. The van der Waals surface area contributed by atoms with Crippen molar-refractivity contribution in [3.8, 4) is 0 Å². The van der Waals surface area contributed by atoms with E-state index in [0.717, 1.165) is 29.4 Å². The first-order valence-corrected chi connectivity index (χ1v) is 9.60. The Balaban J connectivity index is 1.32. The average molecular weight is 320 g/mol. The van der Waals surface area contributed by atoms with Crippen LogP contribution < -0.4 is 5.32 Å². The molecule has 6 heteroatoms. The summed E-state index contributed by atoms with van der Waals surface area (Å²) in [7, 11) is 0. The maximum atomic E-state index is 12.3. The van der Waals surface area contributed by atoms with Gasteiger partial charge in [0, 0.05) is 18.5 Å². The van der Waals surface area contributed by atoms with E-state index in [1.165, 1.54) is 50.3 Å². The van der Waals surface area contributed by atoms with Crippen molar-refractivity contribution < 1.29 is 4.79 Å². The Kier molecular flexibility index (Phi) is 3.88. The molecule has 0 saturated heterocycles. The Labute approximate surface area is 135 Å². The first kappa shape index (κ1) is 14.5. The van der Waals surface area contributed by atoms with Gasteiger partial charge in [0.25, 0.3) is 0 Å². The largest absolute Gasteiger partial charge is 0.352 e. The van der Waals surface area contributed by atoms with E-state index in [1.54, 1.807) is 0 Å². The zero-order valence-electron chi connectivity index (χ0n) is 13.1. The van der Waals surface area contributed by atoms with Gasteiger partial charge in [0.1, 0.15) is 5.82 Å². The number of nitrogens with one attached hydrogen (secondary N) is 1. The molecule has 3 fully saturated rings. The van der Waals surface area contributed by atoms with E-state index >= 15 is 0 Å². The topological polar surface area (TPSA) is 59.8 Å². The number of carbonyl (C=O) groups is 1. The van der Waals surface area contributed by atoms with Crippen LogP contribution in [-0.2, 0) is 11.3 Å². The summed E-state index contributed by atoms with van der Waals surface area (Å²) in [6.07, 6.45) is 7.64. The highest BCUT2D eigenvalue weighted by atomic mass is 32.2. The van der Waals surface area contributed by atoms with Crippen LogP contribution in [0.3, 0.4) is 0 Å². The molecule has 0 radical (unpaired) electrons. The van der Waals surface area contributed by atoms with Crippen molar-refractivity contribution in [3.63, 3.8) is 0 Å². The van der Waals surface area contributed by atoms with Gasteiger partial charge in [0.05, 0.1) is 5.75 Å². The smallest absolute Gasteiger partial charge is 0.230 e. The van der Waals surface area contributed by atoms with E-state index < -0.39 is 0 Å². The Hall–Kier alpha value is -1.04. The van der Waals surface area contributed by atoms with Gasteiger partial charge in [0.15, 0.2) is 5.16 Å². The Morgan fingerprint density at radius 2 is 1.91 bits per heavy atom. The quantitative estimate of drug-likeness (QED) is 0.748. The molecule has 120 valence electrons. The SMILES string of the molecule is CCn1c(SCC(=O)NC(C2CC2)C2CC2)nnc1C1CC1. The molecule has 1 heterocycles. The summed E-state index contributed by atoms with van der Waals surface area (Å²) in [6.45, 7) is 3.01. The van der Waals surface area contributed by atoms with E-state index in [0.29, 0.717) is 17.7 Å². The highest BCUT2D eigenvalue weighted by molar-refractivity contribution is 7.99. The molecular formula is C16H24N4OS. The molecule has 5 nitrogen and oxygen atoms in total. The van der Waals surface area contributed by atoms with Gasteiger partial charge in [-0.3, -0.25) is 4.79 Å². The number of amides is 1. The third kappa shape index (κ3) is 3.16. The Morgan fingerprint density at radius 1 is 1.23 bits per heavy atom. The van der Waals surface area contributed by atoms with E-state index in [9.17, 15) is 4.79 Å². The molecule has 0 unspecified atom stereocenters. The van der Waals surface area contributed by atoms with Crippen LogP contribution in [0.15, 0.2) is 5.16 Å². The summed E-state index contributed by atoms with van der Waals surface area (Å²) in [5, 5.41) is 12.8. The third-order valence-electron chi connectivity index (χ3n) is 4.92. The lowest BCUT2D eigenvalue weighted by Crippen LogP contribution is -2.39. The fraction of sp³-hybridized carbons (Fsp3) is 0.812. The number of aromatic nitrogens is 3. The first-order chi connectivity index (χ1) is 10.8. The predicted molar refractivity (Wildman–Crippen MR) is 85.8 cm³/mol. The normalized spacial score (nSPS) is 21.4. The number of thioether (sulfide) groups is 1. The van der Waals surface area contributed by atoms with Crippen LogP contribution in [0.2, 0.25) is 0 Å². The van der Waals surface area contributed by atoms with Gasteiger partial charge in [0.2, 0.25) is 5.91 Å². The van der Waals surface area contributed by atoms with Crippen molar-refractivity contribution >= 4 is 17.7 Å². The maximum absolute atomic E-state index is 12.3. The van der Waals surface area contributed by atoms with Crippen LogP contribution in [-0.4, -0.2) is 32.5 Å². The van der Waals surface area contributed by atoms with Crippen molar-refractivity contribution in [1.29, 1.82) is 0 Å². The highest BCUT2D eigenvalue weighted by Crippen LogP contribution is 2.44. The molecule has 0 aromatic carbocycles. The second kappa shape index (κ2) is 5.87. The molecule has 1 aromatic rings. The molecule has 3 aliphatic rings. The summed E-state index contributed by atoms with van der Waals surface area (Å²) in [5.74, 6) is 3.83. The first-order valence-electron chi connectivity index (χ1n) is 8.61. The number of hydrogen-bond donors (Lipinski definition) is 1. The molecule has 3 saturated carbocycles. The fourth-order valence-corrected chi connectivity index (χ4v) is 4.06. The van der Waals surface area contributed by atoms with E-state index in [4.69, 9.17) is 0 Å². The lowest BCUT2D eigenvalue weighted by atomic mass is 10.1. The summed E-state index contributed by atoms with van der Waals surface area (Å²) < 4.78 is 2.18. The van der Waals surface area contributed by atoms with Crippen LogP contribution in [0.5, 0.6) is 0 Å². The Morgan fingerprint density at radius 3 is 2.45 bits per heavy atom. The number of nitrogens with zero attached hydrogens (tertiary/aromatic N) is 3. The van der Waals surface area contributed by atoms with Crippen LogP contribution in [0, 0.1) is 11.8 Å². The molecule has 4 rings (SSSR count). The maximum Gasteiger partial charge on any atom is 0.230 e. The summed E-state index contributed by atoms with van der Waals surface area (Å²) in [5.41, 5.74) is 0. The zero-order chi connectivity index (χ0) is 15.1. The third-order valence-corrected chi connectivity index (χ3v) is 5.89. The molecule has 0 bridgehead atoms. The lowest BCUT2D eigenvalue weighted by molar-refractivity contribution is -0.119. The van der Waals surface area contributed by atoms with Crippen molar-refractivity contribution in [2.75, 3.05) is 5.75 Å². The van der Waals surface area contributed by atoms with E-state index in [1.807, 2.05) is 0 Å². The second-order valence-electron chi connectivity index (χ2n) is 6.92. The van der Waals surface area contributed by atoms with Crippen molar-refractivity contribution in [2.24, 2.45) is 11.8 Å². The van der Waals surface area contributed by atoms with Gasteiger partial charge >= 0.3 is 0 Å². The summed E-state index contributed by atoms with van der Waals surface area (Å²) in [4.78, 5) is 12.3. The van der Waals surface area contributed by atoms with Crippen molar-refractivity contribution in [1.82, 2.24) is 20.1 Å². The molecule has 0 atom stereocenters. The van der Waals surface area contributed by atoms with Crippen LogP contribution >= 0.6 is 11.8 Å². The minimum Gasteiger partial charge on any atom is -0.352 e. The van der Waals surface area contributed by atoms with Gasteiger partial charge in [-0.25, -0.2) is 0 Å². The van der Waals surface area contributed by atoms with Crippen molar-refractivity contribution in [3.05, 3.63) is 5.82 Å². The van der Waals surface area contributed by atoms with Crippen LogP contribution in [0.1, 0.15) is 57.2 Å². The predicted octanol–water partition coefficient (Wildman–Crippen LogP) is 2.57. The zero-order valence-corrected chi connectivity index (χ0v) is 13.9. The summed E-state index contributed by atoms with van der Waals surface area (Å²) in [6, 6.07) is 0.444. The number of rotatable bonds is 8. The van der Waals surface area contributed by atoms with Gasteiger partial charge < -0.3 is 9.88 Å². The monoisotopic (exact) mass is 320 g/mol. The van der Waals surface area contributed by atoms with E-state index in [2.05, 4.69) is 27.0 Å². The van der Waals surface area contributed by atoms with Gasteiger partial charge in [-0.05, 0) is 57.3 Å². The van der Waals surface area contributed by atoms with Gasteiger partial charge in [-0.1, -0.05) is 11.8 Å². The highest BCUT2D eigenvalue weighted by Gasteiger charge is 2.42. The molecule has 1 N–H and O–H groups in total. The van der Waals surface area contributed by atoms with Crippen LogP contribution in [0.4, 0.5) is 0 Å². The molecule has 3 aliphatic carbocycles. The lowest BCUT2D eigenvalue weighted by Gasteiger charge is -2.17. The molecule has 0 spiro atoms. The standard InChI is InChI=1S/C16H24N4OS/c1-2-20-15(12-7-8-12)18-19-16(20)22-9-13(21)17-14(10-3-4-10)11-5-6-11/h10-12,14H,2-9H2,1H3,(H,17,21). The van der Waals surface area contributed by atoms with Crippen molar-refractivity contribution in [2.45, 2.75) is 69.1 Å². The van der Waals surface area contributed by atoms with E-state index in [-0.39, 0.29) is 5.91 Å².